The number of ether oxygens (including phenoxy) is 3. The van der Waals surface area contributed by atoms with E-state index < -0.39 is 5.91 Å². The van der Waals surface area contributed by atoms with Crippen LogP contribution >= 0.6 is 39.1 Å². The molecule has 194 valence electrons. The number of hydrazone groups is 1. The van der Waals surface area contributed by atoms with Gasteiger partial charge < -0.3 is 14.2 Å². The Morgan fingerprint density at radius 3 is 2.45 bits per heavy atom. The van der Waals surface area contributed by atoms with Crippen LogP contribution in [0.3, 0.4) is 0 Å². The number of benzene rings is 4. The Bertz CT molecular complexity index is 1450. The summed E-state index contributed by atoms with van der Waals surface area (Å²) in [6.45, 7) is 0.571. The van der Waals surface area contributed by atoms with Crippen LogP contribution < -0.4 is 19.6 Å². The Labute approximate surface area is 239 Å². The smallest absolute Gasteiger partial charge is 0.275 e. The van der Waals surface area contributed by atoms with Gasteiger partial charge in [0.25, 0.3) is 5.91 Å². The van der Waals surface area contributed by atoms with Crippen molar-refractivity contribution in [2.24, 2.45) is 5.10 Å². The number of carbonyl (C=O) groups excluding carboxylic acids is 1. The normalized spacial score (nSPS) is 10.8. The van der Waals surface area contributed by atoms with E-state index in [0.29, 0.717) is 49.5 Å². The lowest BCUT2D eigenvalue weighted by atomic mass is 10.2. The third-order valence-corrected chi connectivity index (χ3v) is 6.56. The van der Waals surface area contributed by atoms with Gasteiger partial charge in [0.05, 0.1) is 23.4 Å². The summed E-state index contributed by atoms with van der Waals surface area (Å²) in [5.74, 6) is 1.08. The van der Waals surface area contributed by atoms with Crippen molar-refractivity contribution in [1.82, 2.24) is 5.43 Å². The fraction of sp³-hybridized carbons (Fsp3) is 0.103. The molecule has 0 aliphatic carbocycles. The molecule has 4 aromatic rings. The molecular weight excluding hydrogens is 591 g/mol. The van der Waals surface area contributed by atoms with E-state index in [1.807, 2.05) is 36.4 Å². The lowest BCUT2D eigenvalue weighted by molar-refractivity contribution is 0.0950. The maximum atomic E-state index is 12.8. The highest BCUT2D eigenvalue weighted by Gasteiger charge is 2.14. The molecule has 0 heterocycles. The number of para-hydroxylation sites is 1. The molecule has 4 aromatic carbocycles. The molecule has 0 saturated heterocycles. The Kier molecular flexibility index (Phi) is 9.65. The number of amides is 1. The Balaban J connectivity index is 1.41. The van der Waals surface area contributed by atoms with E-state index in [0.717, 1.165) is 11.1 Å². The second-order valence-corrected chi connectivity index (χ2v) is 9.73. The molecule has 4 rings (SSSR count). The van der Waals surface area contributed by atoms with Gasteiger partial charge >= 0.3 is 0 Å². The van der Waals surface area contributed by atoms with Gasteiger partial charge in [0, 0.05) is 15.6 Å². The molecule has 0 aliphatic rings. The molecular formula is C29H23BrCl2N2O4. The van der Waals surface area contributed by atoms with Crippen molar-refractivity contribution < 1.29 is 19.0 Å². The van der Waals surface area contributed by atoms with E-state index in [2.05, 4.69) is 26.5 Å². The number of hydrogen-bond acceptors (Lipinski definition) is 5. The molecule has 6 nitrogen and oxygen atoms in total. The van der Waals surface area contributed by atoms with E-state index in [4.69, 9.17) is 37.4 Å². The first-order valence-corrected chi connectivity index (χ1v) is 13.0. The van der Waals surface area contributed by atoms with E-state index in [1.165, 1.54) is 6.21 Å². The number of methoxy groups -OCH3 is 1. The average molecular weight is 614 g/mol. The topological polar surface area (TPSA) is 69.2 Å². The summed E-state index contributed by atoms with van der Waals surface area (Å²) in [6.07, 6.45) is 1.52. The number of carbonyl (C=O) groups is 1. The van der Waals surface area contributed by atoms with Gasteiger partial charge in [0.15, 0.2) is 11.5 Å². The van der Waals surface area contributed by atoms with E-state index in [-0.39, 0.29) is 6.61 Å². The average Bonchev–Trinajstić information content (AvgIpc) is 2.92. The van der Waals surface area contributed by atoms with Crippen LogP contribution in [0.25, 0.3) is 0 Å². The van der Waals surface area contributed by atoms with Crippen LogP contribution in [-0.4, -0.2) is 19.2 Å². The molecule has 1 N–H and O–H groups in total. The monoisotopic (exact) mass is 612 g/mol. The molecule has 0 unspecified atom stereocenters. The van der Waals surface area contributed by atoms with Gasteiger partial charge in [-0.1, -0.05) is 71.7 Å². The van der Waals surface area contributed by atoms with Crippen LogP contribution in [0.4, 0.5) is 0 Å². The second-order valence-electron chi connectivity index (χ2n) is 8.03. The van der Waals surface area contributed by atoms with Crippen LogP contribution in [0.15, 0.2) is 94.5 Å². The summed E-state index contributed by atoms with van der Waals surface area (Å²) in [5.41, 5.74) is 5.36. The zero-order valence-corrected chi connectivity index (χ0v) is 23.4. The number of rotatable bonds is 10. The van der Waals surface area contributed by atoms with Crippen LogP contribution in [0, 0.1) is 0 Å². The fourth-order valence-corrected chi connectivity index (χ4v) is 4.52. The molecule has 1 amide bonds. The van der Waals surface area contributed by atoms with Gasteiger partial charge in [-0.2, -0.15) is 5.10 Å². The zero-order chi connectivity index (χ0) is 26.9. The summed E-state index contributed by atoms with van der Waals surface area (Å²) < 4.78 is 18.0. The van der Waals surface area contributed by atoms with Crippen molar-refractivity contribution in [2.75, 3.05) is 7.11 Å². The van der Waals surface area contributed by atoms with Crippen molar-refractivity contribution in [3.63, 3.8) is 0 Å². The van der Waals surface area contributed by atoms with Crippen molar-refractivity contribution in [3.05, 3.63) is 122 Å². The van der Waals surface area contributed by atoms with Gasteiger partial charge in [0.2, 0.25) is 0 Å². The SMILES string of the molecule is COc1cc(/C=N/NC(=O)c2ccccc2OCc2ccc(Cl)cc2Cl)cc(Br)c1OCc1ccccc1. The molecule has 0 aliphatic heterocycles. The standard InChI is InChI=1S/C29H23BrCl2N2O4/c1-36-27-14-20(13-24(30)28(27)38-17-19-7-3-2-4-8-19)16-33-34-29(35)23-9-5-6-10-26(23)37-18-21-11-12-22(31)15-25(21)32/h2-16H,17-18H2,1H3,(H,34,35)/b33-16+. The fourth-order valence-electron chi connectivity index (χ4n) is 3.48. The van der Waals surface area contributed by atoms with E-state index >= 15 is 0 Å². The maximum Gasteiger partial charge on any atom is 0.275 e. The van der Waals surface area contributed by atoms with Gasteiger partial charge in [0.1, 0.15) is 19.0 Å². The van der Waals surface area contributed by atoms with Crippen LogP contribution in [0.1, 0.15) is 27.0 Å². The Morgan fingerprint density at radius 1 is 0.921 bits per heavy atom. The maximum absolute atomic E-state index is 12.8. The third kappa shape index (κ3) is 7.28. The Hall–Kier alpha value is -3.52. The molecule has 0 spiro atoms. The predicted octanol–water partition coefficient (Wildman–Crippen LogP) is 7.69. The van der Waals surface area contributed by atoms with Crippen molar-refractivity contribution in [1.29, 1.82) is 0 Å². The van der Waals surface area contributed by atoms with E-state index in [9.17, 15) is 4.79 Å². The van der Waals surface area contributed by atoms with Crippen molar-refractivity contribution in [2.45, 2.75) is 13.2 Å². The van der Waals surface area contributed by atoms with Crippen LogP contribution in [-0.2, 0) is 13.2 Å². The summed E-state index contributed by atoms with van der Waals surface area (Å²) in [7, 11) is 1.56. The molecule has 0 aromatic heterocycles. The molecule has 9 heteroatoms. The summed E-state index contributed by atoms with van der Waals surface area (Å²) in [4.78, 5) is 12.8. The molecule has 0 fully saturated rings. The van der Waals surface area contributed by atoms with Crippen LogP contribution in [0.2, 0.25) is 10.0 Å². The van der Waals surface area contributed by atoms with Gasteiger partial charge in [-0.15, -0.1) is 0 Å². The number of nitrogens with one attached hydrogen (secondary N) is 1. The molecule has 0 bridgehead atoms. The van der Waals surface area contributed by atoms with Gasteiger partial charge in [-0.05, 0) is 63.5 Å². The summed E-state index contributed by atoms with van der Waals surface area (Å²) in [6, 6.07) is 25.5. The zero-order valence-electron chi connectivity index (χ0n) is 20.3. The minimum Gasteiger partial charge on any atom is -0.493 e. The third-order valence-electron chi connectivity index (χ3n) is 5.39. The molecule has 38 heavy (non-hydrogen) atoms. The van der Waals surface area contributed by atoms with Crippen LogP contribution in [0.5, 0.6) is 17.2 Å². The minimum absolute atomic E-state index is 0.177. The first-order chi connectivity index (χ1) is 18.4. The molecule has 0 saturated carbocycles. The lowest BCUT2D eigenvalue weighted by Crippen LogP contribution is -2.18. The molecule has 0 atom stereocenters. The number of halogens is 3. The highest BCUT2D eigenvalue weighted by molar-refractivity contribution is 9.10. The summed E-state index contributed by atoms with van der Waals surface area (Å²) in [5, 5.41) is 5.13. The first-order valence-electron chi connectivity index (χ1n) is 11.5. The highest BCUT2D eigenvalue weighted by atomic mass is 79.9. The second kappa shape index (κ2) is 13.3. The number of nitrogens with zero attached hydrogens (tertiary/aromatic N) is 1. The quantitative estimate of drug-likeness (QED) is 0.147. The highest BCUT2D eigenvalue weighted by Crippen LogP contribution is 2.37. The van der Waals surface area contributed by atoms with Gasteiger partial charge in [-0.3, -0.25) is 4.79 Å². The van der Waals surface area contributed by atoms with E-state index in [1.54, 1.807) is 55.6 Å². The lowest BCUT2D eigenvalue weighted by Gasteiger charge is -2.13. The largest absolute Gasteiger partial charge is 0.493 e. The van der Waals surface area contributed by atoms with Crippen molar-refractivity contribution >= 4 is 51.3 Å². The van der Waals surface area contributed by atoms with Crippen molar-refractivity contribution in [3.8, 4) is 17.2 Å². The Morgan fingerprint density at radius 2 is 1.68 bits per heavy atom. The minimum atomic E-state index is -0.423. The first kappa shape index (κ1) is 27.5. The van der Waals surface area contributed by atoms with Gasteiger partial charge in [-0.25, -0.2) is 5.43 Å². The predicted molar refractivity (Wildman–Crippen MR) is 154 cm³/mol. The number of hydrogen-bond donors (Lipinski definition) is 1. The molecule has 0 radical (unpaired) electrons. The summed E-state index contributed by atoms with van der Waals surface area (Å²) >= 11 is 15.7.